The Bertz CT molecular complexity index is 537. The first-order valence-electron chi connectivity index (χ1n) is 6.60. The normalized spacial score (nSPS) is 11.0. The predicted octanol–water partition coefficient (Wildman–Crippen LogP) is 4.01. The molecule has 0 saturated carbocycles. The Morgan fingerprint density at radius 2 is 1.91 bits per heavy atom. The van der Waals surface area contributed by atoms with Crippen LogP contribution in [0.2, 0.25) is 5.02 Å². The van der Waals surface area contributed by atoms with E-state index in [4.69, 9.17) is 16.3 Å². The molecule has 1 aromatic rings. The van der Waals surface area contributed by atoms with Crippen LogP contribution in [-0.2, 0) is 20.8 Å². The first-order chi connectivity index (χ1) is 10.1. The minimum absolute atomic E-state index is 0.184. The van der Waals surface area contributed by atoms with Gasteiger partial charge in [0, 0.05) is 16.0 Å². The number of rotatable bonds is 4. The van der Waals surface area contributed by atoms with Crippen LogP contribution in [0.3, 0.4) is 0 Å². The van der Waals surface area contributed by atoms with Gasteiger partial charge in [-0.25, -0.2) is 4.79 Å². The summed E-state index contributed by atoms with van der Waals surface area (Å²) < 4.78 is 10.7. The summed E-state index contributed by atoms with van der Waals surface area (Å²) in [5.41, 5.74) is 0.120. The average Bonchev–Trinajstić information content (AvgIpc) is 2.34. The summed E-state index contributed by atoms with van der Waals surface area (Å²) in [4.78, 5) is 25.0. The Hall–Kier alpha value is -1.27. The number of halogens is 2. The summed E-state index contributed by atoms with van der Waals surface area (Å²) in [5.74, 6) is -0.521. The van der Waals surface area contributed by atoms with Crippen molar-refractivity contribution in [3.05, 3.63) is 33.3 Å². The topological polar surface area (TPSA) is 55.8 Å². The average molecular weight is 393 g/mol. The van der Waals surface area contributed by atoms with Crippen LogP contribution >= 0.6 is 27.5 Å². The second-order valence-electron chi connectivity index (χ2n) is 5.69. The lowest BCUT2D eigenvalue weighted by Gasteiger charge is -2.26. The van der Waals surface area contributed by atoms with Crippen molar-refractivity contribution in [2.75, 3.05) is 13.7 Å². The SMILES string of the molecule is COC(=O)CN(Cc1cc(Cl)cc(Br)c1)C(=O)OC(C)(C)C. The number of methoxy groups -OCH3 is 1. The van der Waals surface area contributed by atoms with Gasteiger partial charge in [0.2, 0.25) is 0 Å². The van der Waals surface area contributed by atoms with Crippen molar-refractivity contribution in [2.24, 2.45) is 0 Å². The second kappa shape index (κ2) is 7.83. The summed E-state index contributed by atoms with van der Waals surface area (Å²) in [5, 5.41) is 0.534. The molecule has 22 heavy (non-hydrogen) atoms. The van der Waals surface area contributed by atoms with Crippen LogP contribution in [0.15, 0.2) is 22.7 Å². The molecule has 1 aromatic carbocycles. The van der Waals surface area contributed by atoms with E-state index in [9.17, 15) is 9.59 Å². The fraction of sp³-hybridized carbons (Fsp3) is 0.467. The minimum atomic E-state index is -0.652. The Balaban J connectivity index is 2.94. The summed E-state index contributed by atoms with van der Waals surface area (Å²) in [6, 6.07) is 5.28. The molecular formula is C15H19BrClNO4. The van der Waals surface area contributed by atoms with Crippen LogP contribution in [0.4, 0.5) is 4.79 Å². The zero-order chi connectivity index (χ0) is 16.9. The van der Waals surface area contributed by atoms with Crippen molar-refractivity contribution in [2.45, 2.75) is 32.9 Å². The van der Waals surface area contributed by atoms with Gasteiger partial charge in [0.1, 0.15) is 12.1 Å². The zero-order valence-electron chi connectivity index (χ0n) is 13.0. The van der Waals surface area contributed by atoms with Gasteiger partial charge in [-0.05, 0) is 44.5 Å². The van der Waals surface area contributed by atoms with E-state index in [1.54, 1.807) is 32.9 Å². The van der Waals surface area contributed by atoms with Gasteiger partial charge < -0.3 is 9.47 Å². The molecule has 0 aliphatic rings. The van der Waals surface area contributed by atoms with Gasteiger partial charge in [-0.3, -0.25) is 9.69 Å². The molecular weight excluding hydrogens is 374 g/mol. The van der Waals surface area contributed by atoms with Crippen LogP contribution in [-0.4, -0.2) is 36.2 Å². The Labute approximate surface area is 143 Å². The maximum atomic E-state index is 12.2. The molecule has 0 aliphatic carbocycles. The smallest absolute Gasteiger partial charge is 0.411 e. The molecule has 7 heteroatoms. The predicted molar refractivity (Wildman–Crippen MR) is 87.8 cm³/mol. The van der Waals surface area contributed by atoms with Gasteiger partial charge >= 0.3 is 12.1 Å². The van der Waals surface area contributed by atoms with E-state index < -0.39 is 17.7 Å². The molecule has 0 spiro atoms. The number of nitrogens with zero attached hydrogens (tertiary/aromatic N) is 1. The first kappa shape index (κ1) is 18.8. The number of esters is 1. The van der Waals surface area contributed by atoms with E-state index in [-0.39, 0.29) is 13.1 Å². The fourth-order valence-corrected chi connectivity index (χ4v) is 2.58. The standard InChI is InChI=1S/C15H19BrClNO4/c1-15(2,3)22-14(20)18(9-13(19)21-4)8-10-5-11(16)7-12(17)6-10/h5-7H,8-9H2,1-4H3. The molecule has 1 rings (SSSR count). The van der Waals surface area contributed by atoms with Gasteiger partial charge in [0.05, 0.1) is 7.11 Å². The summed E-state index contributed by atoms with van der Waals surface area (Å²) >= 11 is 9.34. The van der Waals surface area contributed by atoms with Crippen molar-refractivity contribution >= 4 is 39.6 Å². The fourth-order valence-electron chi connectivity index (χ4n) is 1.65. The number of amides is 1. The molecule has 0 heterocycles. The van der Waals surface area contributed by atoms with Crippen molar-refractivity contribution in [3.8, 4) is 0 Å². The number of benzene rings is 1. The summed E-state index contributed by atoms with van der Waals surface area (Å²) in [6.07, 6.45) is -0.589. The number of carbonyl (C=O) groups is 2. The maximum Gasteiger partial charge on any atom is 0.411 e. The van der Waals surface area contributed by atoms with E-state index in [0.29, 0.717) is 5.02 Å². The van der Waals surface area contributed by atoms with Gasteiger partial charge in [-0.2, -0.15) is 0 Å². The Morgan fingerprint density at radius 1 is 1.27 bits per heavy atom. The highest BCUT2D eigenvalue weighted by Crippen LogP contribution is 2.21. The number of hydrogen-bond donors (Lipinski definition) is 0. The maximum absolute atomic E-state index is 12.2. The minimum Gasteiger partial charge on any atom is -0.468 e. The molecule has 1 amide bonds. The number of ether oxygens (including phenoxy) is 2. The first-order valence-corrected chi connectivity index (χ1v) is 7.77. The highest BCUT2D eigenvalue weighted by atomic mass is 79.9. The van der Waals surface area contributed by atoms with Crippen LogP contribution in [0, 0.1) is 0 Å². The molecule has 0 aromatic heterocycles. The zero-order valence-corrected chi connectivity index (χ0v) is 15.3. The number of carbonyl (C=O) groups excluding carboxylic acids is 2. The largest absolute Gasteiger partial charge is 0.468 e. The molecule has 0 unspecified atom stereocenters. The van der Waals surface area contributed by atoms with Gasteiger partial charge in [0.15, 0.2) is 0 Å². The third-order valence-electron chi connectivity index (χ3n) is 2.50. The molecule has 0 N–H and O–H groups in total. The molecule has 0 atom stereocenters. The lowest BCUT2D eigenvalue weighted by Crippen LogP contribution is -2.39. The van der Waals surface area contributed by atoms with Crippen LogP contribution in [0.1, 0.15) is 26.3 Å². The highest BCUT2D eigenvalue weighted by Gasteiger charge is 2.24. The van der Waals surface area contributed by atoms with E-state index in [2.05, 4.69) is 20.7 Å². The van der Waals surface area contributed by atoms with Gasteiger partial charge in [-0.1, -0.05) is 27.5 Å². The third-order valence-corrected chi connectivity index (χ3v) is 3.17. The lowest BCUT2D eigenvalue weighted by molar-refractivity contribution is -0.142. The van der Waals surface area contributed by atoms with Crippen molar-refractivity contribution < 1.29 is 19.1 Å². The van der Waals surface area contributed by atoms with E-state index in [0.717, 1.165) is 10.0 Å². The third kappa shape index (κ3) is 6.66. The Kier molecular flexibility index (Phi) is 6.68. The van der Waals surface area contributed by atoms with Crippen LogP contribution in [0.5, 0.6) is 0 Å². The van der Waals surface area contributed by atoms with E-state index >= 15 is 0 Å². The molecule has 5 nitrogen and oxygen atoms in total. The monoisotopic (exact) mass is 391 g/mol. The van der Waals surface area contributed by atoms with Crippen molar-refractivity contribution in [3.63, 3.8) is 0 Å². The lowest BCUT2D eigenvalue weighted by atomic mass is 10.2. The van der Waals surface area contributed by atoms with Gasteiger partial charge in [0.25, 0.3) is 0 Å². The van der Waals surface area contributed by atoms with Crippen molar-refractivity contribution in [1.29, 1.82) is 0 Å². The van der Waals surface area contributed by atoms with Crippen LogP contribution in [0.25, 0.3) is 0 Å². The molecule has 0 fully saturated rings. The quantitative estimate of drug-likeness (QED) is 0.726. The molecule has 0 radical (unpaired) electrons. The molecule has 122 valence electrons. The highest BCUT2D eigenvalue weighted by molar-refractivity contribution is 9.10. The van der Waals surface area contributed by atoms with Crippen molar-refractivity contribution in [1.82, 2.24) is 4.90 Å². The number of hydrogen-bond acceptors (Lipinski definition) is 4. The van der Waals surface area contributed by atoms with E-state index in [1.807, 2.05) is 6.07 Å². The summed E-state index contributed by atoms with van der Waals surface area (Å²) in [6.45, 7) is 5.27. The second-order valence-corrected chi connectivity index (χ2v) is 7.04. The van der Waals surface area contributed by atoms with Crippen LogP contribution < -0.4 is 0 Å². The van der Waals surface area contributed by atoms with E-state index in [1.165, 1.54) is 12.0 Å². The molecule has 0 bridgehead atoms. The Morgan fingerprint density at radius 3 is 2.41 bits per heavy atom. The molecule has 0 aliphatic heterocycles. The van der Waals surface area contributed by atoms with Gasteiger partial charge in [-0.15, -0.1) is 0 Å². The summed E-state index contributed by atoms with van der Waals surface area (Å²) in [7, 11) is 1.27. The molecule has 0 saturated heterocycles.